The van der Waals surface area contributed by atoms with Crippen molar-refractivity contribution >= 4 is 22.6 Å². The van der Waals surface area contributed by atoms with Crippen LogP contribution in [0.4, 0.5) is 0 Å². The van der Waals surface area contributed by atoms with Gasteiger partial charge in [0, 0.05) is 13.0 Å². The third-order valence-electron chi connectivity index (χ3n) is 7.34. The summed E-state index contributed by atoms with van der Waals surface area (Å²) in [5, 5.41) is 0. The van der Waals surface area contributed by atoms with Crippen molar-refractivity contribution < 1.29 is 23.7 Å². The number of rotatable bonds is 10. The van der Waals surface area contributed by atoms with E-state index in [2.05, 4.69) is 48.6 Å². The molecule has 2 heterocycles. The van der Waals surface area contributed by atoms with Crippen LogP contribution in [0.25, 0.3) is 0 Å². The van der Waals surface area contributed by atoms with Crippen molar-refractivity contribution in [3.63, 3.8) is 0 Å². The zero-order chi connectivity index (χ0) is 24.7. The van der Waals surface area contributed by atoms with Crippen molar-refractivity contribution in [1.82, 2.24) is 0 Å². The average molecular weight is 595 g/mol. The highest BCUT2D eigenvalue weighted by atomic mass is 127. The Morgan fingerprint density at radius 2 is 1.57 bits per heavy atom. The van der Waals surface area contributed by atoms with Crippen molar-refractivity contribution in [3.05, 3.63) is 65.7 Å². The highest BCUT2D eigenvalue weighted by Gasteiger charge is 2.51. The maximum absolute atomic E-state index is 6.78. The van der Waals surface area contributed by atoms with Gasteiger partial charge in [0.25, 0.3) is 0 Å². The lowest BCUT2D eigenvalue weighted by Crippen LogP contribution is -2.58. The first-order valence-corrected chi connectivity index (χ1v) is 14.1. The molecule has 35 heavy (non-hydrogen) atoms. The lowest BCUT2D eigenvalue weighted by atomic mass is 9.84. The fraction of sp³-hybridized carbons (Fsp3) is 0.586. The van der Waals surface area contributed by atoms with E-state index >= 15 is 0 Å². The second-order valence-corrected chi connectivity index (χ2v) is 11.5. The SMILES string of the molecule is COc1ccc(COC[C@@H]2O[C@@]3(CC[C@@H]2C)O[C@H](CCOCc2ccccc2)[C@@H](C)C[C@@H]3I)cc1. The Kier molecular flexibility index (Phi) is 9.87. The van der Waals surface area contributed by atoms with Crippen LogP contribution < -0.4 is 4.74 Å². The Morgan fingerprint density at radius 3 is 2.31 bits per heavy atom. The summed E-state index contributed by atoms with van der Waals surface area (Å²) in [6.45, 7) is 7.02. The molecule has 1 spiro atoms. The molecular formula is C29H39IO5. The van der Waals surface area contributed by atoms with Gasteiger partial charge in [-0.15, -0.1) is 0 Å². The van der Waals surface area contributed by atoms with E-state index in [4.69, 9.17) is 23.7 Å². The largest absolute Gasteiger partial charge is 0.497 e. The fourth-order valence-electron chi connectivity index (χ4n) is 4.99. The van der Waals surface area contributed by atoms with Gasteiger partial charge in [0.05, 0.1) is 43.1 Å². The minimum atomic E-state index is -0.530. The molecular weight excluding hydrogens is 555 g/mol. The van der Waals surface area contributed by atoms with Crippen LogP contribution >= 0.6 is 22.6 Å². The molecule has 0 N–H and O–H groups in total. The summed E-state index contributed by atoms with van der Waals surface area (Å²) in [6, 6.07) is 18.4. The number of benzene rings is 2. The minimum Gasteiger partial charge on any atom is -0.497 e. The van der Waals surface area contributed by atoms with Crippen LogP contribution in [0, 0.1) is 11.8 Å². The molecule has 0 aliphatic carbocycles. The van der Waals surface area contributed by atoms with Crippen LogP contribution in [0.1, 0.15) is 50.7 Å². The predicted molar refractivity (Wildman–Crippen MR) is 146 cm³/mol. The molecule has 5 nitrogen and oxygen atoms in total. The molecule has 192 valence electrons. The average Bonchev–Trinajstić information content (AvgIpc) is 2.88. The van der Waals surface area contributed by atoms with Crippen LogP contribution in [0.5, 0.6) is 5.75 Å². The van der Waals surface area contributed by atoms with Crippen molar-refractivity contribution in [2.75, 3.05) is 20.3 Å². The molecule has 0 radical (unpaired) electrons. The van der Waals surface area contributed by atoms with E-state index in [-0.39, 0.29) is 12.2 Å². The summed E-state index contributed by atoms with van der Waals surface area (Å²) < 4.78 is 31.2. The van der Waals surface area contributed by atoms with Gasteiger partial charge in [-0.1, -0.05) is 78.9 Å². The van der Waals surface area contributed by atoms with E-state index in [1.807, 2.05) is 42.5 Å². The maximum atomic E-state index is 6.78. The van der Waals surface area contributed by atoms with Crippen molar-refractivity contribution in [2.45, 2.75) is 74.7 Å². The van der Waals surface area contributed by atoms with E-state index in [0.717, 1.165) is 37.0 Å². The molecule has 4 rings (SSSR count). The molecule has 2 aliphatic heterocycles. The molecule has 2 aromatic rings. The standard InChI is InChI=1S/C29H39IO5/c1-21-13-15-29(35-27(21)20-33-19-24-9-11-25(31-3)12-10-24)28(30)17-22(2)26(34-29)14-16-32-18-23-7-5-4-6-8-23/h4-12,21-22,26-28H,13-20H2,1-3H3/t21-,22-,26+,27-,28-,29+/m0/s1. The summed E-state index contributed by atoms with van der Waals surface area (Å²) in [5.41, 5.74) is 2.34. The van der Waals surface area contributed by atoms with Gasteiger partial charge in [-0.3, -0.25) is 0 Å². The monoisotopic (exact) mass is 594 g/mol. The first-order chi connectivity index (χ1) is 17.0. The molecule has 6 atom stereocenters. The normalized spacial score (nSPS) is 30.9. The number of hydrogen-bond acceptors (Lipinski definition) is 5. The molecule has 0 unspecified atom stereocenters. The smallest absolute Gasteiger partial charge is 0.180 e. The van der Waals surface area contributed by atoms with Crippen LogP contribution in [-0.4, -0.2) is 42.2 Å². The molecule has 2 fully saturated rings. The van der Waals surface area contributed by atoms with Gasteiger partial charge < -0.3 is 23.7 Å². The fourth-order valence-corrected chi connectivity index (χ4v) is 6.39. The van der Waals surface area contributed by atoms with Crippen LogP contribution in [0.2, 0.25) is 0 Å². The zero-order valence-electron chi connectivity index (χ0n) is 21.2. The number of halogens is 1. The number of ether oxygens (including phenoxy) is 5. The van der Waals surface area contributed by atoms with E-state index in [9.17, 15) is 0 Å². The lowest BCUT2D eigenvalue weighted by molar-refractivity contribution is -0.330. The Hall–Kier alpha value is -1.19. The molecule has 0 bridgehead atoms. The Morgan fingerprint density at radius 1 is 0.886 bits per heavy atom. The van der Waals surface area contributed by atoms with E-state index in [1.54, 1.807) is 7.11 Å². The number of methoxy groups -OCH3 is 1. The topological polar surface area (TPSA) is 46.2 Å². The molecule has 6 heteroatoms. The Balaban J connectivity index is 1.29. The molecule has 0 saturated carbocycles. The van der Waals surface area contributed by atoms with Gasteiger partial charge in [-0.25, -0.2) is 0 Å². The summed E-state index contributed by atoms with van der Waals surface area (Å²) in [7, 11) is 1.68. The van der Waals surface area contributed by atoms with Gasteiger partial charge in [0.1, 0.15) is 5.75 Å². The summed E-state index contributed by atoms with van der Waals surface area (Å²) >= 11 is 2.54. The molecule has 0 aromatic heterocycles. The van der Waals surface area contributed by atoms with E-state index in [0.29, 0.717) is 42.2 Å². The Bertz CT molecular complexity index is 892. The lowest BCUT2D eigenvalue weighted by Gasteiger charge is -2.52. The summed E-state index contributed by atoms with van der Waals surface area (Å²) in [6.07, 6.45) is 4.18. The summed E-state index contributed by atoms with van der Waals surface area (Å²) in [4.78, 5) is 0. The van der Waals surface area contributed by atoms with Gasteiger partial charge in [-0.05, 0) is 54.4 Å². The number of alkyl halides is 1. The van der Waals surface area contributed by atoms with Crippen molar-refractivity contribution in [2.24, 2.45) is 11.8 Å². The third kappa shape index (κ3) is 7.19. The highest BCUT2D eigenvalue weighted by molar-refractivity contribution is 14.1. The van der Waals surface area contributed by atoms with E-state index < -0.39 is 5.79 Å². The first kappa shape index (κ1) is 26.9. The third-order valence-corrected chi connectivity index (χ3v) is 8.80. The molecule has 2 aliphatic rings. The Labute approximate surface area is 224 Å². The minimum absolute atomic E-state index is 0.0302. The highest BCUT2D eigenvalue weighted by Crippen LogP contribution is 2.46. The van der Waals surface area contributed by atoms with Crippen LogP contribution in [-0.2, 0) is 32.2 Å². The first-order valence-electron chi connectivity index (χ1n) is 12.8. The van der Waals surface area contributed by atoms with Gasteiger partial charge in [0.15, 0.2) is 5.79 Å². The van der Waals surface area contributed by atoms with Crippen molar-refractivity contribution in [3.8, 4) is 5.75 Å². The van der Waals surface area contributed by atoms with Crippen LogP contribution in [0.15, 0.2) is 54.6 Å². The second-order valence-electron chi connectivity index (χ2n) is 10.0. The van der Waals surface area contributed by atoms with E-state index in [1.165, 1.54) is 5.56 Å². The maximum Gasteiger partial charge on any atom is 0.180 e. The van der Waals surface area contributed by atoms with Gasteiger partial charge in [-0.2, -0.15) is 0 Å². The zero-order valence-corrected chi connectivity index (χ0v) is 23.3. The molecule has 0 amide bonds. The van der Waals surface area contributed by atoms with Crippen LogP contribution in [0.3, 0.4) is 0 Å². The molecule has 2 aromatic carbocycles. The summed E-state index contributed by atoms with van der Waals surface area (Å²) in [5.74, 6) is 1.25. The van der Waals surface area contributed by atoms with Gasteiger partial charge in [0.2, 0.25) is 0 Å². The second kappa shape index (κ2) is 12.9. The predicted octanol–water partition coefficient (Wildman–Crippen LogP) is 6.56. The number of hydrogen-bond donors (Lipinski definition) is 0. The quantitative estimate of drug-likeness (QED) is 0.177. The van der Waals surface area contributed by atoms with Gasteiger partial charge >= 0.3 is 0 Å². The van der Waals surface area contributed by atoms with Crippen molar-refractivity contribution in [1.29, 1.82) is 0 Å². The molecule has 2 saturated heterocycles.